The summed E-state index contributed by atoms with van der Waals surface area (Å²) in [5.41, 5.74) is 3.97. The second kappa shape index (κ2) is 8.96. The minimum absolute atomic E-state index is 0.0299. The lowest BCUT2D eigenvalue weighted by atomic mass is 10.0. The Kier molecular flexibility index (Phi) is 6.11. The predicted molar refractivity (Wildman–Crippen MR) is 121 cm³/mol. The number of carbonyl (C=O) groups excluding carboxylic acids is 1. The summed E-state index contributed by atoms with van der Waals surface area (Å²) in [6, 6.07) is 14.9. The van der Waals surface area contributed by atoms with E-state index in [4.69, 9.17) is 23.2 Å². The Hall–Kier alpha value is -3.09. The number of halogens is 2. The van der Waals surface area contributed by atoms with E-state index >= 15 is 0 Å². The summed E-state index contributed by atoms with van der Waals surface area (Å²) < 4.78 is 1.30. The Labute approximate surface area is 189 Å². The van der Waals surface area contributed by atoms with Crippen molar-refractivity contribution in [2.24, 2.45) is 0 Å². The predicted octanol–water partition coefficient (Wildman–Crippen LogP) is 4.61. The van der Waals surface area contributed by atoms with Crippen LogP contribution in [-0.4, -0.2) is 32.2 Å². The summed E-state index contributed by atoms with van der Waals surface area (Å²) in [6.07, 6.45) is 2.57. The van der Waals surface area contributed by atoms with Crippen molar-refractivity contribution in [1.82, 2.24) is 19.9 Å². The summed E-state index contributed by atoms with van der Waals surface area (Å²) in [4.78, 5) is 17.2. The molecule has 4 aromatic rings. The van der Waals surface area contributed by atoms with E-state index in [1.807, 2.05) is 36.4 Å². The van der Waals surface area contributed by atoms with E-state index in [2.05, 4.69) is 15.4 Å². The molecule has 2 aromatic heterocycles. The minimum atomic E-state index is -0.291. The molecule has 0 aliphatic carbocycles. The van der Waals surface area contributed by atoms with Gasteiger partial charge in [-0.05, 0) is 48.7 Å². The third kappa shape index (κ3) is 4.65. The van der Waals surface area contributed by atoms with Gasteiger partial charge in [0.15, 0.2) is 5.65 Å². The first kappa shape index (κ1) is 21.2. The second-order valence-electron chi connectivity index (χ2n) is 7.23. The lowest BCUT2D eigenvalue weighted by Gasteiger charge is -2.10. The normalized spacial score (nSPS) is 11.1. The Balaban J connectivity index is 1.52. The summed E-state index contributed by atoms with van der Waals surface area (Å²) in [6.45, 7) is 2.26. The van der Waals surface area contributed by atoms with E-state index in [0.29, 0.717) is 51.9 Å². The minimum Gasteiger partial charge on any atom is -0.493 e. The Bertz CT molecular complexity index is 1240. The van der Waals surface area contributed by atoms with Gasteiger partial charge in [-0.1, -0.05) is 47.5 Å². The number of hydrogen-bond donors (Lipinski definition) is 2. The number of hydrogen-bond acceptors (Lipinski definition) is 4. The van der Waals surface area contributed by atoms with E-state index in [1.165, 1.54) is 10.7 Å². The van der Waals surface area contributed by atoms with Gasteiger partial charge in [-0.25, -0.2) is 4.98 Å². The first-order valence-corrected chi connectivity index (χ1v) is 10.5. The van der Waals surface area contributed by atoms with E-state index in [-0.39, 0.29) is 11.8 Å². The van der Waals surface area contributed by atoms with Crippen molar-refractivity contribution in [2.45, 2.75) is 19.8 Å². The lowest BCUT2D eigenvalue weighted by molar-refractivity contribution is 0.0955. The van der Waals surface area contributed by atoms with Crippen molar-refractivity contribution >= 4 is 34.8 Å². The van der Waals surface area contributed by atoms with E-state index < -0.39 is 0 Å². The Morgan fingerprint density at radius 3 is 2.29 bits per heavy atom. The van der Waals surface area contributed by atoms with Crippen molar-refractivity contribution < 1.29 is 9.90 Å². The van der Waals surface area contributed by atoms with Crippen LogP contribution in [0, 0.1) is 6.92 Å². The van der Waals surface area contributed by atoms with Crippen LogP contribution >= 0.6 is 23.2 Å². The fourth-order valence-electron chi connectivity index (χ4n) is 3.36. The van der Waals surface area contributed by atoms with E-state index in [0.717, 1.165) is 11.1 Å². The molecule has 1 amide bonds. The number of carbonyl (C=O) groups is 1. The number of nitrogens with zero attached hydrogens (tertiary/aromatic N) is 3. The fraction of sp³-hybridized carbons (Fsp3) is 0.174. The van der Waals surface area contributed by atoms with Gasteiger partial charge in [0.1, 0.15) is 5.56 Å². The maximum Gasteiger partial charge on any atom is 0.256 e. The highest BCUT2D eigenvalue weighted by Crippen LogP contribution is 2.26. The lowest BCUT2D eigenvalue weighted by Crippen LogP contribution is -2.25. The molecule has 2 N–H and O–H groups in total. The molecule has 0 spiro atoms. The standard InChI is InChI=1S/C23H20Cl2N4O2/c1-14-19(12-16-4-8-18(25)9-5-16)23(31)29-21(28-14)20(13-27-29)22(30)26-11-10-15-2-6-17(24)7-3-15/h2-9,13,31H,10-12H2,1H3,(H,26,30). The zero-order valence-electron chi connectivity index (χ0n) is 16.8. The van der Waals surface area contributed by atoms with Gasteiger partial charge in [-0.2, -0.15) is 9.61 Å². The van der Waals surface area contributed by atoms with Crippen LogP contribution in [0.1, 0.15) is 32.7 Å². The number of rotatable bonds is 6. The number of aromatic nitrogens is 3. The average molecular weight is 455 g/mol. The van der Waals surface area contributed by atoms with Crippen LogP contribution in [0.25, 0.3) is 5.65 Å². The first-order valence-electron chi connectivity index (χ1n) is 9.75. The number of aromatic hydroxyl groups is 1. The molecule has 2 heterocycles. The van der Waals surface area contributed by atoms with Gasteiger partial charge < -0.3 is 10.4 Å². The molecule has 0 saturated carbocycles. The SMILES string of the molecule is Cc1nc2c(C(=O)NCCc3ccc(Cl)cc3)cnn2c(O)c1Cc1ccc(Cl)cc1. The molecule has 0 radical (unpaired) electrons. The number of benzene rings is 2. The summed E-state index contributed by atoms with van der Waals surface area (Å²) in [5, 5.41) is 19.2. The number of aryl methyl sites for hydroxylation is 1. The molecule has 0 aliphatic rings. The number of fused-ring (bicyclic) bond motifs is 1. The highest BCUT2D eigenvalue weighted by molar-refractivity contribution is 6.30. The van der Waals surface area contributed by atoms with Crippen molar-refractivity contribution in [3.63, 3.8) is 0 Å². The number of nitrogens with one attached hydrogen (secondary N) is 1. The monoisotopic (exact) mass is 454 g/mol. The van der Waals surface area contributed by atoms with Crippen molar-refractivity contribution in [2.75, 3.05) is 6.54 Å². The van der Waals surface area contributed by atoms with Gasteiger partial charge in [-0.3, -0.25) is 4.79 Å². The van der Waals surface area contributed by atoms with Gasteiger partial charge >= 0.3 is 0 Å². The molecule has 158 valence electrons. The zero-order valence-corrected chi connectivity index (χ0v) is 18.3. The quantitative estimate of drug-likeness (QED) is 0.445. The number of amides is 1. The zero-order chi connectivity index (χ0) is 22.0. The molecule has 0 unspecified atom stereocenters. The molecular formula is C23H20Cl2N4O2. The third-order valence-corrected chi connectivity index (χ3v) is 5.58. The summed E-state index contributed by atoms with van der Waals surface area (Å²) in [5.74, 6) is -0.321. The molecule has 2 aromatic carbocycles. The Morgan fingerprint density at radius 1 is 1.03 bits per heavy atom. The van der Waals surface area contributed by atoms with Gasteiger partial charge in [-0.15, -0.1) is 0 Å². The van der Waals surface area contributed by atoms with Crippen LogP contribution in [0.2, 0.25) is 10.0 Å². The molecule has 8 heteroatoms. The molecule has 0 bridgehead atoms. The van der Waals surface area contributed by atoms with Crippen LogP contribution in [0.15, 0.2) is 54.7 Å². The molecule has 6 nitrogen and oxygen atoms in total. The van der Waals surface area contributed by atoms with Gasteiger partial charge in [0, 0.05) is 34.3 Å². The molecule has 0 fully saturated rings. The van der Waals surface area contributed by atoms with Crippen LogP contribution < -0.4 is 5.32 Å². The van der Waals surface area contributed by atoms with Crippen LogP contribution in [0.3, 0.4) is 0 Å². The topological polar surface area (TPSA) is 79.5 Å². The van der Waals surface area contributed by atoms with Crippen LogP contribution in [-0.2, 0) is 12.8 Å². The van der Waals surface area contributed by atoms with Crippen molar-refractivity contribution in [1.29, 1.82) is 0 Å². The largest absolute Gasteiger partial charge is 0.493 e. The molecule has 0 atom stereocenters. The van der Waals surface area contributed by atoms with Crippen molar-refractivity contribution in [3.8, 4) is 5.88 Å². The van der Waals surface area contributed by atoms with Crippen LogP contribution in [0.5, 0.6) is 5.88 Å². The van der Waals surface area contributed by atoms with Crippen molar-refractivity contribution in [3.05, 3.63) is 92.7 Å². The Morgan fingerprint density at radius 2 is 1.65 bits per heavy atom. The smallest absolute Gasteiger partial charge is 0.256 e. The van der Waals surface area contributed by atoms with Gasteiger partial charge in [0.2, 0.25) is 5.88 Å². The maximum absolute atomic E-state index is 12.7. The molecule has 0 saturated heterocycles. The average Bonchev–Trinajstić information content (AvgIpc) is 3.18. The highest BCUT2D eigenvalue weighted by Gasteiger charge is 2.19. The first-order chi connectivity index (χ1) is 14.9. The molecular weight excluding hydrogens is 435 g/mol. The van der Waals surface area contributed by atoms with Crippen LogP contribution in [0.4, 0.5) is 0 Å². The summed E-state index contributed by atoms with van der Waals surface area (Å²) in [7, 11) is 0. The van der Waals surface area contributed by atoms with Gasteiger partial charge in [0.05, 0.1) is 6.20 Å². The molecule has 4 rings (SSSR count). The maximum atomic E-state index is 12.7. The van der Waals surface area contributed by atoms with E-state index in [9.17, 15) is 9.90 Å². The van der Waals surface area contributed by atoms with E-state index in [1.54, 1.807) is 19.1 Å². The fourth-order valence-corrected chi connectivity index (χ4v) is 3.61. The third-order valence-electron chi connectivity index (χ3n) is 5.08. The van der Waals surface area contributed by atoms with Gasteiger partial charge in [0.25, 0.3) is 5.91 Å². The second-order valence-corrected chi connectivity index (χ2v) is 8.10. The summed E-state index contributed by atoms with van der Waals surface area (Å²) >= 11 is 11.8. The molecule has 31 heavy (non-hydrogen) atoms. The molecule has 0 aliphatic heterocycles. The highest BCUT2D eigenvalue weighted by atomic mass is 35.5.